The number of carbonyl (C=O) groups is 1. The van der Waals surface area contributed by atoms with Crippen molar-refractivity contribution >= 4 is 24.7 Å². The molecule has 0 amide bonds. The van der Waals surface area contributed by atoms with Crippen molar-refractivity contribution in [1.82, 2.24) is 0 Å². The number of carbonyl (C=O) groups excluding carboxylic acids is 1. The second kappa shape index (κ2) is 11.4. The third-order valence-electron chi connectivity index (χ3n) is 3.81. The summed E-state index contributed by atoms with van der Waals surface area (Å²) >= 11 is 1.03. The highest BCUT2D eigenvalue weighted by molar-refractivity contribution is 7.94. The molecule has 2 aromatic carbocycles. The van der Waals surface area contributed by atoms with Gasteiger partial charge in [-0.3, -0.25) is 0 Å². The van der Waals surface area contributed by atoms with Gasteiger partial charge in [0.15, 0.2) is 11.8 Å². The van der Waals surface area contributed by atoms with E-state index in [1.807, 2.05) is 48.5 Å². The molecule has 0 saturated heterocycles. The van der Waals surface area contributed by atoms with Crippen LogP contribution in [0.2, 0.25) is 0 Å². The zero-order valence-electron chi connectivity index (χ0n) is 15.0. The number of hydrogen-bond acceptors (Lipinski definition) is 5. The molecule has 0 unspecified atom stereocenters. The van der Waals surface area contributed by atoms with E-state index in [0.29, 0.717) is 6.42 Å². The first-order valence-corrected chi connectivity index (χ1v) is 9.11. The minimum atomic E-state index is -0.110. The molecule has 25 heavy (non-hydrogen) atoms. The number of aliphatic imine (C=N–C) groups is 1. The predicted molar refractivity (Wildman–Crippen MR) is 103 cm³/mol. The molecule has 0 bridgehead atoms. The average molecular weight is 359 g/mol. The molecule has 1 N–H and O–H groups in total. The first kappa shape index (κ1) is 17.7. The summed E-state index contributed by atoms with van der Waals surface area (Å²) in [6.45, 7) is 0. The molecule has 0 aliphatic carbocycles. The van der Waals surface area contributed by atoms with Gasteiger partial charge in [0.25, 0.3) is 0 Å². The van der Waals surface area contributed by atoms with Gasteiger partial charge in [-0.1, -0.05) is 60.7 Å². The van der Waals surface area contributed by atoms with Crippen molar-refractivity contribution in [2.45, 2.75) is 37.2 Å². The monoisotopic (exact) mass is 359 g/mol. The Hall–Kier alpha value is -2.11. The van der Waals surface area contributed by atoms with Gasteiger partial charge in [-0.15, -0.1) is 0 Å². The Bertz CT molecular complexity index is 655. The van der Waals surface area contributed by atoms with Crippen molar-refractivity contribution in [3.05, 3.63) is 71.8 Å². The summed E-state index contributed by atoms with van der Waals surface area (Å²) in [7, 11) is 0. The maximum absolute atomic E-state index is 9.98. The van der Waals surface area contributed by atoms with Crippen LogP contribution in [0, 0.1) is 0 Å². The number of aryl methyl sites for hydroxylation is 2. The maximum Gasteiger partial charge on any atom is 0.229 e. The molecule has 0 radical (unpaired) electrons. The first-order chi connectivity index (χ1) is 12.8. The van der Waals surface area contributed by atoms with Crippen LogP contribution in [0.1, 0.15) is 24.0 Å². The van der Waals surface area contributed by atoms with E-state index in [2.05, 4.69) is 21.7 Å². The summed E-state index contributed by atoms with van der Waals surface area (Å²) in [5, 5.41) is -0.110. The maximum atomic E-state index is 9.98. The number of hydrogen-bond donors (Lipinski definition) is 1. The highest BCUT2D eigenvalue weighted by atomic mass is 32.2. The van der Waals surface area contributed by atoms with Gasteiger partial charge in [0.1, 0.15) is 12.4 Å². The molecule has 3 rings (SSSR count). The summed E-state index contributed by atoms with van der Waals surface area (Å²) in [5.41, 5.74) is 2.52. The largest absolute Gasteiger partial charge is 0.477 e. The number of nitrogens with zero attached hydrogens (tertiary/aromatic N) is 1. The van der Waals surface area contributed by atoms with Crippen LogP contribution in [0.3, 0.4) is 0 Å². The van der Waals surface area contributed by atoms with Crippen LogP contribution in [-0.2, 0) is 22.4 Å². The number of benzene rings is 2. The van der Waals surface area contributed by atoms with E-state index in [0.717, 1.165) is 37.6 Å². The molecule has 2 aromatic rings. The second-order valence-corrected chi connectivity index (χ2v) is 6.31. The van der Waals surface area contributed by atoms with Crippen LogP contribution in [-0.4, -0.2) is 28.7 Å². The van der Waals surface area contributed by atoms with Gasteiger partial charge in [0.2, 0.25) is 1.43 Å². The standard InChI is InChI=1S/C11H13NO2S.C9H10O/c13-15-11-10(14-8-12-11)7-6-9-4-2-1-3-5-9;10-8-4-7-9-5-2-1-3-6-9/h1-5,8,10-11,13H,6-7H2;1-3,5-6,8H,4,7H2/t10-,11-;/m0./s1/i/hT. The van der Waals surface area contributed by atoms with E-state index in [4.69, 9.17) is 6.17 Å². The van der Waals surface area contributed by atoms with Gasteiger partial charge in [-0.05, 0) is 30.4 Å². The van der Waals surface area contributed by atoms with Crippen molar-refractivity contribution in [2.75, 3.05) is 0 Å². The van der Waals surface area contributed by atoms with Crippen LogP contribution >= 0.6 is 12.0 Å². The van der Waals surface area contributed by atoms with Gasteiger partial charge < -0.3 is 14.1 Å². The number of rotatable bonds is 8. The quantitative estimate of drug-likeness (QED) is 0.561. The lowest BCUT2D eigenvalue weighted by molar-refractivity contribution is -0.107. The molecule has 0 spiro atoms. The molecule has 132 valence electrons. The molecule has 1 aliphatic heterocycles. The van der Waals surface area contributed by atoms with E-state index in [9.17, 15) is 4.79 Å². The molecule has 0 aromatic heterocycles. The van der Waals surface area contributed by atoms with E-state index >= 15 is 0 Å². The third-order valence-corrected chi connectivity index (χ3v) is 4.44. The van der Waals surface area contributed by atoms with Crippen LogP contribution in [0.4, 0.5) is 0 Å². The molecule has 0 fully saturated rings. The Balaban J connectivity index is 0.000000209. The second-order valence-electron chi connectivity index (χ2n) is 5.63. The van der Waals surface area contributed by atoms with Crippen molar-refractivity contribution in [1.29, 1.82) is 1.43 Å². The Morgan fingerprint density at radius 3 is 2.32 bits per heavy atom. The number of ether oxygens (including phenoxy) is 1. The summed E-state index contributed by atoms with van der Waals surface area (Å²) in [5.74, 6) is 0. The van der Waals surface area contributed by atoms with E-state index in [-0.39, 0.29) is 11.5 Å². The van der Waals surface area contributed by atoms with E-state index in [1.165, 1.54) is 17.5 Å². The van der Waals surface area contributed by atoms with Gasteiger partial charge in [-0.2, -0.15) is 0 Å². The van der Waals surface area contributed by atoms with Gasteiger partial charge in [0.05, 0.1) is 0 Å². The van der Waals surface area contributed by atoms with Gasteiger partial charge in [0, 0.05) is 18.5 Å². The summed E-state index contributed by atoms with van der Waals surface area (Å²) in [6.07, 6.45) is 5.73. The predicted octanol–water partition coefficient (Wildman–Crippen LogP) is 4.40. The molecule has 2 atom stereocenters. The molecule has 1 aliphatic rings. The van der Waals surface area contributed by atoms with Gasteiger partial charge >= 0.3 is 0 Å². The SMILES string of the molecule is O=CCCc1ccccc1.[3H]OS[C@@H]1N=CO[C@H]1CCc1ccccc1. The van der Waals surface area contributed by atoms with Crippen LogP contribution in [0.25, 0.3) is 1.43 Å². The van der Waals surface area contributed by atoms with E-state index in [1.54, 1.807) is 0 Å². The van der Waals surface area contributed by atoms with Crippen molar-refractivity contribution < 1.29 is 14.1 Å². The fourth-order valence-corrected chi connectivity index (χ4v) is 2.88. The van der Waals surface area contributed by atoms with Gasteiger partial charge in [-0.25, -0.2) is 4.99 Å². The highest BCUT2D eigenvalue weighted by Crippen LogP contribution is 2.23. The van der Waals surface area contributed by atoms with E-state index < -0.39 is 0 Å². The molecular weight excluding hydrogens is 334 g/mol. The Morgan fingerprint density at radius 1 is 1.08 bits per heavy atom. The topological polar surface area (TPSA) is 58.9 Å². The third kappa shape index (κ3) is 7.11. The smallest absolute Gasteiger partial charge is 0.229 e. The average Bonchev–Trinajstić information content (AvgIpc) is 3.14. The first-order valence-electron chi connectivity index (χ1n) is 8.71. The Labute approximate surface area is 154 Å². The normalized spacial score (nSPS) is 18.6. The lowest BCUT2D eigenvalue weighted by Crippen LogP contribution is -2.19. The molecule has 5 heteroatoms. The summed E-state index contributed by atoms with van der Waals surface area (Å²) in [4.78, 5) is 14.1. The fraction of sp³-hybridized carbons (Fsp3) is 0.300. The Kier molecular flexibility index (Phi) is 8.11. The van der Waals surface area contributed by atoms with Crippen LogP contribution < -0.4 is 0 Å². The Morgan fingerprint density at radius 2 is 1.72 bits per heavy atom. The fourth-order valence-electron chi connectivity index (χ4n) is 2.46. The lowest BCUT2D eigenvalue weighted by atomic mass is 10.1. The number of aldehydes is 1. The summed E-state index contributed by atoms with van der Waals surface area (Å²) in [6, 6.07) is 20.3. The van der Waals surface area contributed by atoms with Crippen LogP contribution in [0.5, 0.6) is 0 Å². The van der Waals surface area contributed by atoms with Crippen LogP contribution in [0.15, 0.2) is 65.7 Å². The molecular formula is C20H23NO3S. The van der Waals surface area contributed by atoms with Crippen molar-refractivity contribution in [3.63, 3.8) is 0 Å². The van der Waals surface area contributed by atoms with Crippen molar-refractivity contribution in [2.24, 2.45) is 4.99 Å². The molecule has 1 heterocycles. The highest BCUT2D eigenvalue weighted by Gasteiger charge is 2.25. The molecule has 0 saturated carbocycles. The minimum absolute atomic E-state index is 0.00977. The zero-order chi connectivity index (χ0) is 18.5. The molecule has 4 nitrogen and oxygen atoms in total. The zero-order valence-corrected chi connectivity index (χ0v) is 14.8. The summed E-state index contributed by atoms with van der Waals surface area (Å²) < 4.78 is 16.3. The van der Waals surface area contributed by atoms with Crippen molar-refractivity contribution in [3.8, 4) is 0 Å². The lowest BCUT2D eigenvalue weighted by Gasteiger charge is -2.13. The minimum Gasteiger partial charge on any atom is -0.477 e.